The summed E-state index contributed by atoms with van der Waals surface area (Å²) in [5, 5.41) is 15.9. The van der Waals surface area contributed by atoms with Crippen molar-refractivity contribution in [3.63, 3.8) is 0 Å². The summed E-state index contributed by atoms with van der Waals surface area (Å²) in [5.74, 6) is 0.782. The summed E-state index contributed by atoms with van der Waals surface area (Å²) in [7, 11) is 0. The monoisotopic (exact) mass is 374 g/mol. The van der Waals surface area contributed by atoms with Gasteiger partial charge < -0.3 is 5.11 Å². The van der Waals surface area contributed by atoms with Crippen LogP contribution in [-0.2, 0) is 12.1 Å². The molecular formula is C23H26N4O. The number of hydrogen-bond donors (Lipinski definition) is 1. The van der Waals surface area contributed by atoms with E-state index in [1.807, 2.05) is 42.3 Å². The zero-order chi connectivity index (χ0) is 19.1. The van der Waals surface area contributed by atoms with Crippen molar-refractivity contribution in [3.05, 3.63) is 77.9 Å². The van der Waals surface area contributed by atoms with E-state index in [0.29, 0.717) is 5.92 Å². The molecule has 1 saturated heterocycles. The summed E-state index contributed by atoms with van der Waals surface area (Å²) in [5.41, 5.74) is 3.56. The van der Waals surface area contributed by atoms with Crippen LogP contribution in [0.1, 0.15) is 29.7 Å². The third-order valence-corrected chi connectivity index (χ3v) is 6.52. The smallest absolute Gasteiger partial charge is 0.111 e. The molecule has 5 rings (SSSR count). The number of pyridine rings is 1. The average molecular weight is 374 g/mol. The van der Waals surface area contributed by atoms with Gasteiger partial charge in [-0.3, -0.25) is 9.88 Å². The Hall–Kier alpha value is -2.50. The summed E-state index contributed by atoms with van der Waals surface area (Å²) in [4.78, 5) is 7.05. The van der Waals surface area contributed by atoms with Crippen LogP contribution in [0, 0.1) is 18.8 Å². The first-order valence-corrected chi connectivity index (χ1v) is 10.1. The molecule has 1 saturated carbocycles. The minimum atomic E-state index is -0.797. The Morgan fingerprint density at radius 3 is 2.82 bits per heavy atom. The molecule has 2 aromatic heterocycles. The van der Waals surface area contributed by atoms with E-state index in [1.54, 1.807) is 0 Å². The van der Waals surface area contributed by atoms with Crippen molar-refractivity contribution >= 4 is 0 Å². The molecule has 1 N–H and O–H groups in total. The molecule has 0 spiro atoms. The van der Waals surface area contributed by atoms with E-state index >= 15 is 0 Å². The van der Waals surface area contributed by atoms with Crippen LogP contribution in [0.2, 0.25) is 0 Å². The number of rotatable bonds is 4. The molecule has 2 aliphatic rings. The van der Waals surface area contributed by atoms with Crippen molar-refractivity contribution in [1.82, 2.24) is 19.7 Å². The highest BCUT2D eigenvalue weighted by molar-refractivity contribution is 5.40. The van der Waals surface area contributed by atoms with Gasteiger partial charge in [0, 0.05) is 44.1 Å². The van der Waals surface area contributed by atoms with Crippen LogP contribution < -0.4 is 0 Å². The summed E-state index contributed by atoms with van der Waals surface area (Å²) in [6, 6.07) is 14.5. The predicted octanol–water partition coefficient (Wildman–Crippen LogP) is 3.31. The van der Waals surface area contributed by atoms with Gasteiger partial charge in [0.2, 0.25) is 0 Å². The van der Waals surface area contributed by atoms with Crippen LogP contribution in [0.4, 0.5) is 0 Å². The molecule has 0 radical (unpaired) electrons. The number of aryl methyl sites for hydroxylation is 1. The Bertz CT molecular complexity index is 953. The summed E-state index contributed by atoms with van der Waals surface area (Å²) in [6.07, 6.45) is 7.54. The van der Waals surface area contributed by atoms with E-state index in [9.17, 15) is 5.11 Å². The van der Waals surface area contributed by atoms with Crippen molar-refractivity contribution in [1.29, 1.82) is 0 Å². The Morgan fingerprint density at radius 2 is 2.04 bits per heavy atom. The van der Waals surface area contributed by atoms with Gasteiger partial charge in [-0.2, -0.15) is 5.10 Å². The maximum atomic E-state index is 11.5. The van der Waals surface area contributed by atoms with Crippen LogP contribution in [0.25, 0.3) is 5.69 Å². The average Bonchev–Trinajstić information content (AvgIpc) is 3.42. The van der Waals surface area contributed by atoms with Crippen LogP contribution in [0.3, 0.4) is 0 Å². The minimum absolute atomic E-state index is 0.250. The Kier molecular flexibility index (Phi) is 4.29. The van der Waals surface area contributed by atoms with Crippen LogP contribution in [-0.4, -0.2) is 37.9 Å². The fourth-order valence-corrected chi connectivity index (χ4v) is 5.08. The lowest BCUT2D eigenvalue weighted by molar-refractivity contribution is -0.0108. The van der Waals surface area contributed by atoms with Crippen molar-refractivity contribution < 1.29 is 5.11 Å². The first-order chi connectivity index (χ1) is 13.6. The van der Waals surface area contributed by atoms with Crippen molar-refractivity contribution in [3.8, 4) is 5.69 Å². The van der Waals surface area contributed by atoms with E-state index in [-0.39, 0.29) is 5.92 Å². The third-order valence-electron chi connectivity index (χ3n) is 6.52. The van der Waals surface area contributed by atoms with E-state index in [4.69, 9.17) is 0 Å². The highest BCUT2D eigenvalue weighted by Crippen LogP contribution is 2.50. The molecule has 2 fully saturated rings. The lowest BCUT2D eigenvalue weighted by Gasteiger charge is -2.30. The number of aliphatic hydroxyl groups is 1. The van der Waals surface area contributed by atoms with Crippen LogP contribution >= 0.6 is 0 Å². The second-order valence-corrected chi connectivity index (χ2v) is 8.32. The fraction of sp³-hybridized carbons (Fsp3) is 0.391. The van der Waals surface area contributed by atoms with Crippen molar-refractivity contribution in [2.75, 3.05) is 13.1 Å². The number of hydrogen-bond acceptors (Lipinski definition) is 4. The molecule has 0 amide bonds. The number of fused-ring (bicyclic) bond motifs is 1. The maximum absolute atomic E-state index is 11.5. The molecule has 1 aromatic carbocycles. The van der Waals surface area contributed by atoms with Gasteiger partial charge in [0.1, 0.15) is 5.60 Å². The summed E-state index contributed by atoms with van der Waals surface area (Å²) >= 11 is 0. The molecule has 3 heterocycles. The van der Waals surface area contributed by atoms with Gasteiger partial charge in [0.05, 0.1) is 11.4 Å². The number of likely N-dealkylation sites (tertiary alicyclic amines) is 1. The van der Waals surface area contributed by atoms with Gasteiger partial charge in [0.25, 0.3) is 0 Å². The molecule has 5 nitrogen and oxygen atoms in total. The van der Waals surface area contributed by atoms with Gasteiger partial charge in [0.15, 0.2) is 0 Å². The standard InChI is InChI=1S/C23H26N4O/c1-17-7-8-22(24-13-17)23(28)10-9-18-14-26(16-20(18)23)15-19-5-2-3-6-21(19)27-12-4-11-25-27/h2-8,11-13,18,20,28H,9-10,14-16H2,1H3/t18-,20+,23-/m1/s1. The zero-order valence-electron chi connectivity index (χ0n) is 16.2. The number of aromatic nitrogens is 3. The van der Waals surface area contributed by atoms with Gasteiger partial charge in [-0.1, -0.05) is 24.3 Å². The van der Waals surface area contributed by atoms with E-state index in [1.165, 1.54) is 5.56 Å². The predicted molar refractivity (Wildman–Crippen MR) is 108 cm³/mol. The molecule has 144 valence electrons. The molecule has 0 unspecified atom stereocenters. The minimum Gasteiger partial charge on any atom is -0.383 e. The van der Waals surface area contributed by atoms with Gasteiger partial charge in [-0.15, -0.1) is 0 Å². The summed E-state index contributed by atoms with van der Waals surface area (Å²) in [6.45, 7) is 4.85. The summed E-state index contributed by atoms with van der Waals surface area (Å²) < 4.78 is 1.93. The number of nitrogens with zero attached hydrogens (tertiary/aromatic N) is 4. The largest absolute Gasteiger partial charge is 0.383 e. The Morgan fingerprint density at radius 1 is 1.14 bits per heavy atom. The molecule has 3 atom stereocenters. The number of para-hydroxylation sites is 1. The molecule has 0 bridgehead atoms. The van der Waals surface area contributed by atoms with Crippen LogP contribution in [0.15, 0.2) is 61.1 Å². The lowest BCUT2D eigenvalue weighted by atomic mass is 9.85. The Labute approximate surface area is 165 Å². The topological polar surface area (TPSA) is 54.2 Å². The molecule has 1 aliphatic heterocycles. The van der Waals surface area contributed by atoms with Crippen LogP contribution in [0.5, 0.6) is 0 Å². The lowest BCUT2D eigenvalue weighted by Crippen LogP contribution is -2.35. The first kappa shape index (κ1) is 17.6. The van der Waals surface area contributed by atoms with Gasteiger partial charge in [-0.25, -0.2) is 4.68 Å². The van der Waals surface area contributed by atoms with E-state index in [2.05, 4.69) is 45.3 Å². The van der Waals surface area contributed by atoms with Gasteiger partial charge in [-0.05, 0) is 55.0 Å². The SMILES string of the molecule is Cc1ccc([C@@]2(O)CC[C@@H]3CN(Cc4ccccc4-n4cccn4)C[C@@H]32)nc1. The van der Waals surface area contributed by atoms with E-state index in [0.717, 1.165) is 49.4 Å². The van der Waals surface area contributed by atoms with E-state index < -0.39 is 5.60 Å². The fourth-order valence-electron chi connectivity index (χ4n) is 5.08. The second-order valence-electron chi connectivity index (χ2n) is 8.32. The molecular weight excluding hydrogens is 348 g/mol. The zero-order valence-corrected chi connectivity index (χ0v) is 16.2. The maximum Gasteiger partial charge on any atom is 0.111 e. The second kappa shape index (κ2) is 6.83. The molecule has 5 heteroatoms. The number of benzene rings is 1. The van der Waals surface area contributed by atoms with Crippen molar-refractivity contribution in [2.45, 2.75) is 31.9 Å². The Balaban J connectivity index is 1.36. The molecule has 3 aromatic rings. The molecule has 1 aliphatic carbocycles. The highest BCUT2D eigenvalue weighted by Gasteiger charge is 2.53. The quantitative estimate of drug-likeness (QED) is 0.761. The normalized spacial score (nSPS) is 27.2. The third kappa shape index (κ3) is 2.95. The highest BCUT2D eigenvalue weighted by atomic mass is 16.3. The first-order valence-electron chi connectivity index (χ1n) is 10.1. The van der Waals surface area contributed by atoms with Gasteiger partial charge >= 0.3 is 0 Å². The molecule has 28 heavy (non-hydrogen) atoms. The van der Waals surface area contributed by atoms with Crippen molar-refractivity contribution in [2.24, 2.45) is 11.8 Å².